The minimum absolute atomic E-state index is 1.09. The molecule has 0 amide bonds. The lowest BCUT2D eigenvalue weighted by Gasteiger charge is -2.14. The van der Waals surface area contributed by atoms with Crippen molar-refractivity contribution in [1.82, 2.24) is 0 Å². The monoisotopic (exact) mass is 240 g/mol. The van der Waals surface area contributed by atoms with Crippen LogP contribution in [0.3, 0.4) is 0 Å². The fraction of sp³-hybridized carbons (Fsp3) is 0.412. The molecule has 1 nitrogen and oxygen atoms in total. The summed E-state index contributed by atoms with van der Waals surface area (Å²) in [4.78, 5) is 0. The Morgan fingerprint density at radius 3 is 2.78 bits per heavy atom. The van der Waals surface area contributed by atoms with E-state index in [9.17, 15) is 0 Å². The maximum Gasteiger partial charge on any atom is 0.137 e. The molecule has 3 rings (SSSR count). The van der Waals surface area contributed by atoms with Gasteiger partial charge in [-0.15, -0.1) is 0 Å². The minimum atomic E-state index is 1.09. The van der Waals surface area contributed by atoms with Crippen molar-refractivity contribution in [2.24, 2.45) is 0 Å². The van der Waals surface area contributed by atoms with Crippen molar-refractivity contribution in [3.63, 3.8) is 0 Å². The molecule has 1 heteroatoms. The zero-order valence-corrected chi connectivity index (χ0v) is 11.0. The van der Waals surface area contributed by atoms with Crippen LogP contribution in [0.2, 0.25) is 0 Å². The van der Waals surface area contributed by atoms with Crippen LogP contribution in [0.25, 0.3) is 11.3 Å². The van der Waals surface area contributed by atoms with E-state index >= 15 is 0 Å². The van der Waals surface area contributed by atoms with E-state index in [4.69, 9.17) is 4.42 Å². The standard InChI is InChI=1S/C17H20O/c1-2-3-4-8-15-12-14-11-10-13-7-5-6-9-16(13)17(14)18-15/h5-7,9,12H,2-4,8,10-11H2,1H3. The van der Waals surface area contributed by atoms with Gasteiger partial charge in [0.25, 0.3) is 0 Å². The van der Waals surface area contributed by atoms with Crippen LogP contribution in [0.1, 0.15) is 43.1 Å². The average molecular weight is 240 g/mol. The Morgan fingerprint density at radius 2 is 1.89 bits per heavy atom. The number of hydrogen-bond acceptors (Lipinski definition) is 1. The van der Waals surface area contributed by atoms with Gasteiger partial charge in [-0.2, -0.15) is 0 Å². The number of benzene rings is 1. The molecular formula is C17H20O. The van der Waals surface area contributed by atoms with Crippen LogP contribution in [0.4, 0.5) is 0 Å². The van der Waals surface area contributed by atoms with Crippen LogP contribution >= 0.6 is 0 Å². The molecule has 18 heavy (non-hydrogen) atoms. The van der Waals surface area contributed by atoms with Gasteiger partial charge in [-0.25, -0.2) is 0 Å². The van der Waals surface area contributed by atoms with E-state index in [1.54, 1.807) is 0 Å². The van der Waals surface area contributed by atoms with Gasteiger partial charge in [-0.3, -0.25) is 0 Å². The molecular weight excluding hydrogens is 220 g/mol. The van der Waals surface area contributed by atoms with Gasteiger partial charge in [0.15, 0.2) is 0 Å². The molecule has 0 radical (unpaired) electrons. The third-order valence-corrected chi connectivity index (χ3v) is 3.81. The predicted molar refractivity (Wildman–Crippen MR) is 74.8 cm³/mol. The van der Waals surface area contributed by atoms with Crippen molar-refractivity contribution in [2.75, 3.05) is 0 Å². The summed E-state index contributed by atoms with van der Waals surface area (Å²) < 4.78 is 6.08. The Labute approximate surface area is 109 Å². The van der Waals surface area contributed by atoms with Gasteiger partial charge < -0.3 is 4.42 Å². The van der Waals surface area contributed by atoms with Gasteiger partial charge in [0.05, 0.1) is 0 Å². The maximum absolute atomic E-state index is 6.08. The van der Waals surface area contributed by atoms with Crippen LogP contribution in [0, 0.1) is 0 Å². The number of rotatable bonds is 4. The number of hydrogen-bond donors (Lipinski definition) is 0. The zero-order chi connectivity index (χ0) is 12.4. The van der Waals surface area contributed by atoms with Gasteiger partial charge in [0.2, 0.25) is 0 Å². The lowest BCUT2D eigenvalue weighted by Crippen LogP contribution is -2.00. The number of unbranched alkanes of at least 4 members (excludes halogenated alkanes) is 2. The SMILES string of the molecule is CCCCCc1cc2c(o1)-c1ccccc1CC2. The molecule has 1 aromatic heterocycles. The molecule has 1 heterocycles. The molecule has 0 aliphatic heterocycles. The molecule has 94 valence electrons. The van der Waals surface area contributed by atoms with Crippen molar-refractivity contribution in [3.8, 4) is 11.3 Å². The van der Waals surface area contributed by atoms with Gasteiger partial charge in [0.1, 0.15) is 11.5 Å². The van der Waals surface area contributed by atoms with E-state index in [2.05, 4.69) is 37.3 Å². The third-order valence-electron chi connectivity index (χ3n) is 3.81. The lowest BCUT2D eigenvalue weighted by molar-refractivity contribution is 0.505. The molecule has 0 unspecified atom stereocenters. The van der Waals surface area contributed by atoms with Gasteiger partial charge in [-0.1, -0.05) is 44.0 Å². The molecule has 0 bridgehead atoms. The Hall–Kier alpha value is -1.50. The molecule has 0 atom stereocenters. The van der Waals surface area contributed by atoms with Crippen molar-refractivity contribution in [3.05, 3.63) is 47.2 Å². The summed E-state index contributed by atoms with van der Waals surface area (Å²) in [7, 11) is 0. The predicted octanol–water partition coefficient (Wildman–Crippen LogP) is 4.78. The summed E-state index contributed by atoms with van der Waals surface area (Å²) in [6, 6.07) is 10.9. The first-order valence-electron chi connectivity index (χ1n) is 7.08. The van der Waals surface area contributed by atoms with Crippen LogP contribution in [0.5, 0.6) is 0 Å². The first-order valence-corrected chi connectivity index (χ1v) is 7.08. The largest absolute Gasteiger partial charge is 0.461 e. The number of aryl methyl sites for hydroxylation is 3. The second-order valence-corrected chi connectivity index (χ2v) is 5.18. The summed E-state index contributed by atoms with van der Waals surface area (Å²) in [5, 5.41) is 0. The van der Waals surface area contributed by atoms with E-state index in [0.717, 1.165) is 25.0 Å². The molecule has 0 N–H and O–H groups in total. The zero-order valence-electron chi connectivity index (χ0n) is 11.0. The molecule has 0 fully saturated rings. The molecule has 1 aliphatic carbocycles. The summed E-state index contributed by atoms with van der Waals surface area (Å²) in [6.45, 7) is 2.24. The van der Waals surface area contributed by atoms with Crippen molar-refractivity contribution >= 4 is 0 Å². The van der Waals surface area contributed by atoms with Crippen molar-refractivity contribution < 1.29 is 4.42 Å². The first kappa shape index (κ1) is 11.6. The fourth-order valence-corrected chi connectivity index (χ4v) is 2.80. The van der Waals surface area contributed by atoms with Crippen LogP contribution in [-0.4, -0.2) is 0 Å². The molecule has 1 aliphatic rings. The Balaban J connectivity index is 1.87. The molecule has 0 saturated carbocycles. The Kier molecular flexibility index (Phi) is 3.22. The Bertz CT molecular complexity index is 536. The smallest absolute Gasteiger partial charge is 0.137 e. The van der Waals surface area contributed by atoms with Gasteiger partial charge in [0, 0.05) is 12.0 Å². The Morgan fingerprint density at radius 1 is 1.06 bits per heavy atom. The first-order chi connectivity index (χ1) is 8.88. The fourth-order valence-electron chi connectivity index (χ4n) is 2.80. The van der Waals surface area contributed by atoms with Crippen molar-refractivity contribution in [2.45, 2.75) is 45.4 Å². The summed E-state index contributed by atoms with van der Waals surface area (Å²) in [6.07, 6.45) is 7.17. The van der Waals surface area contributed by atoms with Crippen molar-refractivity contribution in [1.29, 1.82) is 0 Å². The van der Waals surface area contributed by atoms with Gasteiger partial charge in [-0.05, 0) is 36.5 Å². The highest BCUT2D eigenvalue weighted by Crippen LogP contribution is 2.35. The summed E-state index contributed by atoms with van der Waals surface area (Å²) in [5.74, 6) is 2.30. The highest BCUT2D eigenvalue weighted by molar-refractivity contribution is 5.68. The molecule has 1 aromatic carbocycles. The van der Waals surface area contributed by atoms with E-state index in [1.807, 2.05) is 0 Å². The van der Waals surface area contributed by atoms with Crippen LogP contribution < -0.4 is 0 Å². The highest BCUT2D eigenvalue weighted by atomic mass is 16.3. The van der Waals surface area contributed by atoms with E-state index in [1.165, 1.54) is 41.7 Å². The topological polar surface area (TPSA) is 13.1 Å². The maximum atomic E-state index is 6.08. The number of furan rings is 1. The van der Waals surface area contributed by atoms with E-state index < -0.39 is 0 Å². The third kappa shape index (κ3) is 2.10. The van der Waals surface area contributed by atoms with E-state index in [0.29, 0.717) is 0 Å². The number of fused-ring (bicyclic) bond motifs is 3. The second kappa shape index (κ2) is 5.01. The quantitative estimate of drug-likeness (QED) is 0.701. The molecule has 0 spiro atoms. The van der Waals surface area contributed by atoms with Crippen LogP contribution in [-0.2, 0) is 19.3 Å². The minimum Gasteiger partial charge on any atom is -0.461 e. The van der Waals surface area contributed by atoms with Gasteiger partial charge >= 0.3 is 0 Å². The second-order valence-electron chi connectivity index (χ2n) is 5.18. The normalized spacial score (nSPS) is 13.2. The summed E-state index contributed by atoms with van der Waals surface area (Å²) >= 11 is 0. The van der Waals surface area contributed by atoms with E-state index in [-0.39, 0.29) is 0 Å². The van der Waals surface area contributed by atoms with Crippen LogP contribution in [0.15, 0.2) is 34.7 Å². The lowest BCUT2D eigenvalue weighted by atomic mass is 9.91. The average Bonchev–Trinajstić information content (AvgIpc) is 2.82. The summed E-state index contributed by atoms with van der Waals surface area (Å²) in [5.41, 5.74) is 4.14. The highest BCUT2D eigenvalue weighted by Gasteiger charge is 2.20. The molecule has 2 aromatic rings. The molecule has 0 saturated heterocycles.